The van der Waals surface area contributed by atoms with Crippen LogP contribution in [0.1, 0.15) is 31.2 Å². The van der Waals surface area contributed by atoms with Gasteiger partial charge in [0.25, 0.3) is 0 Å². The number of carbonyl (C=O) groups excluding carboxylic acids is 1. The molecule has 1 atom stereocenters. The molecule has 9 heteroatoms. The number of tetrazole rings is 1. The molecule has 2 aromatic rings. The van der Waals surface area contributed by atoms with Crippen LogP contribution in [0.25, 0.3) is 0 Å². The lowest BCUT2D eigenvalue weighted by atomic mass is 9.95. The van der Waals surface area contributed by atoms with Crippen molar-refractivity contribution in [2.75, 3.05) is 32.8 Å². The normalized spacial score (nSPS) is 20.5. The van der Waals surface area contributed by atoms with E-state index in [4.69, 9.17) is 4.74 Å². The molecule has 0 aliphatic carbocycles. The number of piperidine rings is 1. The Morgan fingerprint density at radius 3 is 2.73 bits per heavy atom. The third-order valence-electron chi connectivity index (χ3n) is 6.03. The second kappa shape index (κ2) is 10.1. The molecule has 2 aliphatic rings. The molecule has 0 spiro atoms. The van der Waals surface area contributed by atoms with E-state index in [-0.39, 0.29) is 24.4 Å². The molecule has 1 aromatic heterocycles. The molecule has 2 aliphatic heterocycles. The van der Waals surface area contributed by atoms with E-state index in [0.29, 0.717) is 25.6 Å². The smallest absolute Gasteiger partial charge is 0.244 e. The minimum atomic E-state index is -0.143. The second-order valence-corrected chi connectivity index (χ2v) is 8.25. The van der Waals surface area contributed by atoms with E-state index in [1.165, 1.54) is 17.1 Å². The Bertz CT molecular complexity index is 804. The van der Waals surface area contributed by atoms with Crippen molar-refractivity contribution in [2.45, 2.75) is 44.9 Å². The SMILES string of the molecule is O=C(Cn1cnnn1)N(CC1CCN(Cc2ccccc2F)CC1)C[C@@H]1CCCO1. The maximum absolute atomic E-state index is 13.9. The van der Waals surface area contributed by atoms with Crippen molar-refractivity contribution in [1.29, 1.82) is 0 Å². The predicted molar refractivity (Wildman–Crippen MR) is 108 cm³/mol. The fraction of sp³-hybridized carbons (Fsp3) is 0.619. The third kappa shape index (κ3) is 5.60. The molecule has 0 radical (unpaired) electrons. The van der Waals surface area contributed by atoms with Gasteiger partial charge in [-0.15, -0.1) is 5.10 Å². The summed E-state index contributed by atoms with van der Waals surface area (Å²) in [6.45, 7) is 4.71. The van der Waals surface area contributed by atoms with Gasteiger partial charge in [-0.2, -0.15) is 0 Å². The standard InChI is InChI=1S/C21H29FN6O2/c22-20-6-2-1-4-18(20)13-26-9-7-17(8-10-26)12-27(14-19-5-3-11-30-19)21(29)15-28-16-23-24-25-28/h1-2,4,6,16-17,19H,3,5,7-15H2/t19-/m0/s1. The average molecular weight is 417 g/mol. The number of carbonyl (C=O) groups is 1. The van der Waals surface area contributed by atoms with E-state index in [2.05, 4.69) is 20.4 Å². The van der Waals surface area contributed by atoms with Gasteiger partial charge in [-0.25, -0.2) is 9.07 Å². The Kier molecular flexibility index (Phi) is 7.01. The highest BCUT2D eigenvalue weighted by molar-refractivity contribution is 5.75. The molecule has 2 saturated heterocycles. The van der Waals surface area contributed by atoms with Crippen LogP contribution in [0.2, 0.25) is 0 Å². The van der Waals surface area contributed by atoms with E-state index in [1.54, 1.807) is 6.07 Å². The Hall–Kier alpha value is -2.39. The van der Waals surface area contributed by atoms with E-state index in [1.807, 2.05) is 17.0 Å². The lowest BCUT2D eigenvalue weighted by molar-refractivity contribution is -0.134. The van der Waals surface area contributed by atoms with Crippen LogP contribution in [0.5, 0.6) is 0 Å². The minimum absolute atomic E-state index is 0.0200. The Labute approximate surface area is 176 Å². The largest absolute Gasteiger partial charge is 0.376 e. The first-order chi connectivity index (χ1) is 14.7. The van der Waals surface area contributed by atoms with Crippen molar-refractivity contribution in [3.63, 3.8) is 0 Å². The fourth-order valence-corrected chi connectivity index (χ4v) is 4.31. The fourth-order valence-electron chi connectivity index (χ4n) is 4.31. The van der Waals surface area contributed by atoms with Gasteiger partial charge in [0.05, 0.1) is 6.10 Å². The van der Waals surface area contributed by atoms with Gasteiger partial charge in [0.1, 0.15) is 18.7 Å². The molecule has 2 fully saturated rings. The number of rotatable bonds is 8. The summed E-state index contributed by atoms with van der Waals surface area (Å²) in [6, 6.07) is 6.97. The molecule has 0 N–H and O–H groups in total. The molecule has 1 aromatic carbocycles. The molecule has 8 nitrogen and oxygen atoms in total. The zero-order chi connectivity index (χ0) is 20.8. The molecule has 1 amide bonds. The van der Waals surface area contributed by atoms with Gasteiger partial charge < -0.3 is 9.64 Å². The van der Waals surface area contributed by atoms with Crippen LogP contribution in [0, 0.1) is 11.7 Å². The van der Waals surface area contributed by atoms with E-state index >= 15 is 0 Å². The molecule has 162 valence electrons. The van der Waals surface area contributed by atoms with Crippen molar-refractivity contribution >= 4 is 5.91 Å². The molecule has 0 saturated carbocycles. The molecule has 4 rings (SSSR count). The first kappa shape index (κ1) is 20.9. The Balaban J connectivity index is 1.31. The van der Waals surface area contributed by atoms with Gasteiger partial charge >= 0.3 is 0 Å². The number of hydrogen-bond acceptors (Lipinski definition) is 6. The molecular weight excluding hydrogens is 387 g/mol. The molecule has 0 bridgehead atoms. The molecule has 0 unspecified atom stereocenters. The maximum Gasteiger partial charge on any atom is 0.244 e. The first-order valence-corrected chi connectivity index (χ1v) is 10.7. The minimum Gasteiger partial charge on any atom is -0.376 e. The van der Waals surface area contributed by atoms with Crippen LogP contribution in [-0.2, 0) is 22.6 Å². The van der Waals surface area contributed by atoms with Crippen molar-refractivity contribution in [1.82, 2.24) is 30.0 Å². The molecule has 30 heavy (non-hydrogen) atoms. The highest BCUT2D eigenvalue weighted by Crippen LogP contribution is 2.22. The number of nitrogens with zero attached hydrogens (tertiary/aromatic N) is 6. The molecular formula is C21H29FN6O2. The lowest BCUT2D eigenvalue weighted by Gasteiger charge is -2.35. The van der Waals surface area contributed by atoms with Crippen molar-refractivity contribution in [2.24, 2.45) is 5.92 Å². The highest BCUT2D eigenvalue weighted by Gasteiger charge is 2.27. The second-order valence-electron chi connectivity index (χ2n) is 8.25. The van der Waals surface area contributed by atoms with Gasteiger partial charge in [0, 0.05) is 31.8 Å². The molecule has 3 heterocycles. The number of aromatic nitrogens is 4. The van der Waals surface area contributed by atoms with Crippen molar-refractivity contribution < 1.29 is 13.9 Å². The van der Waals surface area contributed by atoms with Gasteiger partial charge in [-0.3, -0.25) is 9.69 Å². The quantitative estimate of drug-likeness (QED) is 0.652. The monoisotopic (exact) mass is 416 g/mol. The number of amides is 1. The van der Waals surface area contributed by atoms with Gasteiger partial charge in [0.15, 0.2) is 0 Å². The lowest BCUT2D eigenvalue weighted by Crippen LogP contribution is -2.44. The Morgan fingerprint density at radius 2 is 2.03 bits per heavy atom. The zero-order valence-electron chi connectivity index (χ0n) is 17.2. The number of likely N-dealkylation sites (tertiary alicyclic amines) is 1. The Morgan fingerprint density at radius 1 is 1.20 bits per heavy atom. The summed E-state index contributed by atoms with van der Waals surface area (Å²) in [5.74, 6) is 0.309. The summed E-state index contributed by atoms with van der Waals surface area (Å²) < 4.78 is 21.2. The third-order valence-corrected chi connectivity index (χ3v) is 6.03. The number of ether oxygens (including phenoxy) is 1. The van der Waals surface area contributed by atoms with Crippen LogP contribution in [-0.4, -0.2) is 74.8 Å². The van der Waals surface area contributed by atoms with Gasteiger partial charge in [-0.1, -0.05) is 18.2 Å². The summed E-state index contributed by atoms with van der Waals surface area (Å²) in [7, 11) is 0. The van der Waals surface area contributed by atoms with Crippen LogP contribution < -0.4 is 0 Å². The maximum atomic E-state index is 13.9. The summed E-state index contributed by atoms with van der Waals surface area (Å²) in [5.41, 5.74) is 0.743. The van der Waals surface area contributed by atoms with Crippen LogP contribution in [0.15, 0.2) is 30.6 Å². The first-order valence-electron chi connectivity index (χ1n) is 10.7. The average Bonchev–Trinajstić information content (AvgIpc) is 3.45. The van der Waals surface area contributed by atoms with Crippen LogP contribution in [0.3, 0.4) is 0 Å². The predicted octanol–water partition coefficient (Wildman–Crippen LogP) is 1.73. The highest BCUT2D eigenvalue weighted by atomic mass is 19.1. The van der Waals surface area contributed by atoms with Crippen LogP contribution in [0.4, 0.5) is 4.39 Å². The van der Waals surface area contributed by atoms with E-state index in [0.717, 1.165) is 50.9 Å². The van der Waals surface area contributed by atoms with Crippen LogP contribution >= 0.6 is 0 Å². The van der Waals surface area contributed by atoms with Crippen molar-refractivity contribution in [3.8, 4) is 0 Å². The summed E-state index contributed by atoms with van der Waals surface area (Å²) >= 11 is 0. The summed E-state index contributed by atoms with van der Waals surface area (Å²) in [5, 5.41) is 11.0. The van der Waals surface area contributed by atoms with E-state index < -0.39 is 0 Å². The summed E-state index contributed by atoms with van der Waals surface area (Å²) in [6.07, 6.45) is 5.61. The van der Waals surface area contributed by atoms with Gasteiger partial charge in [0.2, 0.25) is 5.91 Å². The van der Waals surface area contributed by atoms with Gasteiger partial charge in [-0.05, 0) is 61.2 Å². The number of hydrogen-bond donors (Lipinski definition) is 0. The zero-order valence-corrected chi connectivity index (χ0v) is 17.2. The van der Waals surface area contributed by atoms with E-state index in [9.17, 15) is 9.18 Å². The van der Waals surface area contributed by atoms with Crippen molar-refractivity contribution in [3.05, 3.63) is 42.0 Å². The number of halogens is 1. The summed E-state index contributed by atoms with van der Waals surface area (Å²) in [4.78, 5) is 17.1. The topological polar surface area (TPSA) is 76.4 Å². The number of benzene rings is 1.